The van der Waals surface area contributed by atoms with Crippen molar-refractivity contribution in [1.29, 1.82) is 0 Å². The maximum Gasteiger partial charge on any atom is 0.108 e. The Morgan fingerprint density at radius 3 is 2.36 bits per heavy atom. The molecule has 1 aromatic carbocycles. The molecule has 0 spiro atoms. The first-order valence-corrected chi connectivity index (χ1v) is 3.43. The predicted molar refractivity (Wildman–Crippen MR) is 46.6 cm³/mol. The summed E-state index contributed by atoms with van der Waals surface area (Å²) in [4.78, 5) is 10.0. The molecule has 0 unspecified atom stereocenters. The average molecular weight is 147 g/mol. The van der Waals surface area contributed by atoms with Crippen molar-refractivity contribution in [2.75, 3.05) is 0 Å². The molecule has 0 heterocycles. The molecule has 1 aromatic rings. The normalized spacial score (nSPS) is 10.3. The lowest BCUT2D eigenvalue weighted by atomic mass is 10.2. The minimum atomic E-state index is 0.471. The fourth-order valence-electron chi connectivity index (χ4n) is 0.839. The van der Waals surface area contributed by atoms with Crippen molar-refractivity contribution >= 4 is 11.8 Å². The zero-order valence-electron chi connectivity index (χ0n) is 6.32. The first-order valence-electron chi connectivity index (χ1n) is 3.43. The highest BCUT2D eigenvalue weighted by atomic mass is 16.3. The summed E-state index contributed by atoms with van der Waals surface area (Å²) >= 11 is 0. The molecular weight excluding hydrogens is 138 g/mol. The maximum atomic E-state index is 10.0. The van der Waals surface area contributed by atoms with Crippen LogP contribution in [0.1, 0.15) is 12.5 Å². The fourth-order valence-corrected chi connectivity index (χ4v) is 0.839. The molecule has 0 aliphatic heterocycles. The van der Waals surface area contributed by atoms with Gasteiger partial charge in [0.15, 0.2) is 0 Å². The average Bonchev–Trinajstić information content (AvgIpc) is 2.07. The van der Waals surface area contributed by atoms with Crippen molar-refractivity contribution in [3.8, 4) is 0 Å². The summed E-state index contributed by atoms with van der Waals surface area (Å²) in [5.41, 5.74) is 1.55. The van der Waals surface area contributed by atoms with E-state index < -0.39 is 0 Å². The second-order valence-electron chi connectivity index (χ2n) is 2.18. The third-order valence-electron chi connectivity index (χ3n) is 1.36. The van der Waals surface area contributed by atoms with Gasteiger partial charge >= 0.3 is 0 Å². The van der Waals surface area contributed by atoms with Gasteiger partial charge in [0.2, 0.25) is 0 Å². The van der Waals surface area contributed by atoms with E-state index in [2.05, 4.69) is 5.18 Å². The van der Waals surface area contributed by atoms with Crippen molar-refractivity contribution in [3.05, 3.63) is 40.8 Å². The van der Waals surface area contributed by atoms with Crippen LogP contribution in [0.4, 0.5) is 5.69 Å². The molecule has 0 amide bonds. The minimum absolute atomic E-state index is 0.471. The van der Waals surface area contributed by atoms with Crippen molar-refractivity contribution in [2.45, 2.75) is 6.92 Å². The van der Waals surface area contributed by atoms with Gasteiger partial charge in [0.05, 0.1) is 0 Å². The fraction of sp³-hybridized carbons (Fsp3) is 0.111. The highest BCUT2D eigenvalue weighted by Crippen LogP contribution is 2.12. The summed E-state index contributed by atoms with van der Waals surface area (Å²) in [5.74, 6) is 0. The summed E-state index contributed by atoms with van der Waals surface area (Å²) in [6, 6.07) is 7.11. The first-order chi connectivity index (χ1) is 5.36. The topological polar surface area (TPSA) is 29.4 Å². The highest BCUT2D eigenvalue weighted by molar-refractivity contribution is 5.52. The Balaban J connectivity index is 2.91. The Kier molecular flexibility index (Phi) is 2.55. The van der Waals surface area contributed by atoms with Gasteiger partial charge in [-0.1, -0.05) is 24.3 Å². The molecule has 0 aliphatic rings. The van der Waals surface area contributed by atoms with E-state index in [4.69, 9.17) is 0 Å². The lowest BCUT2D eigenvalue weighted by Crippen LogP contribution is -1.68. The number of nitrogens with zero attached hydrogens (tertiary/aromatic N) is 1. The van der Waals surface area contributed by atoms with Crippen LogP contribution in [0.3, 0.4) is 0 Å². The van der Waals surface area contributed by atoms with Crippen LogP contribution in [0.5, 0.6) is 0 Å². The Labute approximate surface area is 65.5 Å². The van der Waals surface area contributed by atoms with Crippen LogP contribution in [0.2, 0.25) is 0 Å². The van der Waals surface area contributed by atoms with Crippen LogP contribution in [0.15, 0.2) is 35.5 Å². The summed E-state index contributed by atoms with van der Waals surface area (Å²) in [5, 5.41) is 2.80. The van der Waals surface area contributed by atoms with Gasteiger partial charge in [-0.3, -0.25) is 0 Å². The Morgan fingerprint density at radius 2 is 1.91 bits per heavy atom. The van der Waals surface area contributed by atoms with Gasteiger partial charge in [-0.15, -0.1) is 4.91 Å². The number of hydrogen-bond acceptors (Lipinski definition) is 2. The number of hydrogen-bond donors (Lipinski definition) is 0. The molecule has 56 valence electrons. The highest BCUT2D eigenvalue weighted by Gasteiger charge is 1.88. The van der Waals surface area contributed by atoms with Gasteiger partial charge < -0.3 is 0 Å². The van der Waals surface area contributed by atoms with E-state index in [0.29, 0.717) is 5.69 Å². The largest absolute Gasteiger partial charge is 0.145 e. The van der Waals surface area contributed by atoms with Crippen molar-refractivity contribution in [2.24, 2.45) is 5.18 Å². The predicted octanol–water partition coefficient (Wildman–Crippen LogP) is 3.12. The third kappa shape index (κ3) is 2.00. The molecule has 0 radical (unpaired) electrons. The molecule has 0 aliphatic carbocycles. The number of nitroso groups, excluding NO2 is 1. The molecule has 0 atom stereocenters. The zero-order chi connectivity index (χ0) is 8.10. The van der Waals surface area contributed by atoms with E-state index in [1.807, 2.05) is 31.2 Å². The molecule has 0 N–H and O–H groups in total. The van der Waals surface area contributed by atoms with Crippen molar-refractivity contribution < 1.29 is 0 Å². The van der Waals surface area contributed by atoms with Gasteiger partial charge in [-0.05, 0) is 29.8 Å². The van der Waals surface area contributed by atoms with Crippen LogP contribution in [0.25, 0.3) is 6.08 Å². The molecular formula is C9H9NO. The van der Waals surface area contributed by atoms with Gasteiger partial charge in [0.1, 0.15) is 5.69 Å². The molecule has 0 aromatic heterocycles. The van der Waals surface area contributed by atoms with E-state index in [1.54, 1.807) is 12.1 Å². The number of allylic oxidation sites excluding steroid dienone is 1. The molecule has 0 fully saturated rings. The van der Waals surface area contributed by atoms with E-state index in [9.17, 15) is 4.91 Å². The van der Waals surface area contributed by atoms with E-state index in [-0.39, 0.29) is 0 Å². The molecule has 0 saturated carbocycles. The van der Waals surface area contributed by atoms with E-state index >= 15 is 0 Å². The molecule has 2 heteroatoms. The quantitative estimate of drug-likeness (QED) is 0.591. The summed E-state index contributed by atoms with van der Waals surface area (Å²) in [6.07, 6.45) is 3.91. The SMILES string of the molecule is CC=Cc1ccc(N=O)cc1. The van der Waals surface area contributed by atoms with Crippen molar-refractivity contribution in [1.82, 2.24) is 0 Å². The monoisotopic (exact) mass is 147 g/mol. The molecule has 1 rings (SSSR count). The third-order valence-corrected chi connectivity index (χ3v) is 1.36. The molecule has 2 nitrogen and oxygen atoms in total. The maximum absolute atomic E-state index is 10.0. The number of benzene rings is 1. The van der Waals surface area contributed by atoms with E-state index in [1.165, 1.54) is 0 Å². The van der Waals surface area contributed by atoms with Gasteiger partial charge in [0, 0.05) is 0 Å². The number of rotatable bonds is 2. The summed E-state index contributed by atoms with van der Waals surface area (Å²) in [6.45, 7) is 1.95. The second-order valence-corrected chi connectivity index (χ2v) is 2.18. The van der Waals surface area contributed by atoms with Gasteiger partial charge in [-0.25, -0.2) is 0 Å². The Morgan fingerprint density at radius 1 is 1.27 bits per heavy atom. The lowest BCUT2D eigenvalue weighted by molar-refractivity contribution is 1.49. The minimum Gasteiger partial charge on any atom is -0.145 e. The van der Waals surface area contributed by atoms with E-state index in [0.717, 1.165) is 5.56 Å². The zero-order valence-corrected chi connectivity index (χ0v) is 6.32. The Bertz CT molecular complexity index is 261. The second kappa shape index (κ2) is 3.66. The summed E-state index contributed by atoms with van der Waals surface area (Å²) in [7, 11) is 0. The van der Waals surface area contributed by atoms with Crippen LogP contribution in [-0.2, 0) is 0 Å². The molecule has 11 heavy (non-hydrogen) atoms. The lowest BCUT2D eigenvalue weighted by Gasteiger charge is -1.90. The summed E-state index contributed by atoms with van der Waals surface area (Å²) < 4.78 is 0. The van der Waals surface area contributed by atoms with Gasteiger partial charge in [-0.2, -0.15) is 0 Å². The van der Waals surface area contributed by atoms with Crippen LogP contribution in [-0.4, -0.2) is 0 Å². The standard InChI is InChI=1S/C9H9NO/c1-2-3-8-4-6-9(10-11)7-5-8/h2-7H,1H3. The van der Waals surface area contributed by atoms with Crippen LogP contribution < -0.4 is 0 Å². The van der Waals surface area contributed by atoms with Crippen molar-refractivity contribution in [3.63, 3.8) is 0 Å². The molecule has 0 bridgehead atoms. The first kappa shape index (κ1) is 7.66. The van der Waals surface area contributed by atoms with Crippen LogP contribution >= 0.6 is 0 Å². The molecule has 0 saturated heterocycles. The smallest absolute Gasteiger partial charge is 0.108 e. The van der Waals surface area contributed by atoms with Gasteiger partial charge in [0.25, 0.3) is 0 Å². The van der Waals surface area contributed by atoms with Crippen LogP contribution in [0, 0.1) is 4.91 Å². The Hall–Kier alpha value is -1.44.